The summed E-state index contributed by atoms with van der Waals surface area (Å²) in [7, 11) is 1.97. The molecule has 0 aliphatic rings. The first kappa shape index (κ1) is 24.5. The lowest BCUT2D eigenvalue weighted by Crippen LogP contribution is -2.20. The monoisotopic (exact) mass is 408 g/mol. The number of rotatable bonds is 12. The summed E-state index contributed by atoms with van der Waals surface area (Å²) in [5.41, 5.74) is 2.82. The highest BCUT2D eigenvalue weighted by molar-refractivity contribution is 7.32. The number of aromatic carboxylic acids is 1. The fourth-order valence-electron chi connectivity index (χ4n) is 3.10. The number of carboxylic acids is 1. The van der Waals surface area contributed by atoms with E-state index in [1.165, 1.54) is 0 Å². The summed E-state index contributed by atoms with van der Waals surface area (Å²) in [6, 6.07) is 3.75. The van der Waals surface area contributed by atoms with Crippen molar-refractivity contribution in [2.24, 2.45) is 5.92 Å². The van der Waals surface area contributed by atoms with E-state index in [9.17, 15) is 20.1 Å². The number of carbonyl (C=O) groups is 1. The molecule has 0 spiro atoms. The average molecular weight is 408 g/mol. The average Bonchev–Trinajstić information content (AvgIpc) is 2.59. The van der Waals surface area contributed by atoms with Crippen LogP contribution in [-0.4, -0.2) is 46.8 Å². The maximum atomic E-state index is 11.5. The predicted molar refractivity (Wildman–Crippen MR) is 116 cm³/mol. The van der Waals surface area contributed by atoms with Crippen LogP contribution in [0.25, 0.3) is 6.08 Å². The molecule has 5 nitrogen and oxygen atoms in total. The second-order valence-electron chi connectivity index (χ2n) is 7.15. The van der Waals surface area contributed by atoms with Crippen LogP contribution in [-0.2, 0) is 4.52 Å². The number of hydrogen-bond donors (Lipinski definition) is 3. The Bertz CT molecular complexity index is 682. The molecule has 4 atom stereocenters. The van der Waals surface area contributed by atoms with E-state index in [4.69, 9.17) is 4.52 Å². The fraction of sp³-hybridized carbons (Fsp3) is 0.500. The smallest absolute Gasteiger partial charge is 0.336 e. The van der Waals surface area contributed by atoms with Gasteiger partial charge in [0.05, 0.1) is 17.8 Å². The molecule has 0 aromatic heterocycles. The van der Waals surface area contributed by atoms with Gasteiger partial charge in [0.2, 0.25) is 0 Å². The number of benzene rings is 1. The van der Waals surface area contributed by atoms with Crippen LogP contribution in [0.3, 0.4) is 0 Å². The highest BCUT2D eigenvalue weighted by Gasteiger charge is 2.16. The van der Waals surface area contributed by atoms with E-state index >= 15 is 0 Å². The van der Waals surface area contributed by atoms with Gasteiger partial charge in [0.15, 0.2) is 0 Å². The molecule has 0 bridgehead atoms. The van der Waals surface area contributed by atoms with Gasteiger partial charge in [-0.1, -0.05) is 42.0 Å². The van der Waals surface area contributed by atoms with Crippen LogP contribution in [0, 0.1) is 19.8 Å². The molecule has 1 rings (SSSR count). The van der Waals surface area contributed by atoms with Crippen molar-refractivity contribution in [1.82, 2.24) is 0 Å². The van der Waals surface area contributed by atoms with Crippen molar-refractivity contribution < 1.29 is 24.6 Å². The molecule has 0 heterocycles. The molecule has 0 saturated heterocycles. The summed E-state index contributed by atoms with van der Waals surface area (Å²) in [6.45, 7) is 5.47. The lowest BCUT2D eigenvalue weighted by Gasteiger charge is -2.19. The van der Waals surface area contributed by atoms with E-state index in [-0.39, 0.29) is 5.92 Å². The molecule has 0 aliphatic heterocycles. The first-order valence-electron chi connectivity index (χ1n) is 9.56. The van der Waals surface area contributed by atoms with E-state index in [0.717, 1.165) is 30.1 Å². The zero-order valence-electron chi connectivity index (χ0n) is 17.2. The molecule has 1 aromatic rings. The Balaban J connectivity index is 2.78. The molecule has 0 fully saturated rings. The molecule has 1 aromatic carbocycles. The van der Waals surface area contributed by atoms with Gasteiger partial charge < -0.3 is 19.8 Å². The van der Waals surface area contributed by atoms with Crippen LogP contribution in [0.2, 0.25) is 0 Å². The zero-order chi connectivity index (χ0) is 21.1. The molecular formula is C22H33O5P. The van der Waals surface area contributed by atoms with E-state index in [1.807, 2.05) is 44.2 Å². The largest absolute Gasteiger partial charge is 0.478 e. The summed E-state index contributed by atoms with van der Waals surface area (Å²) in [4.78, 5) is 11.5. The molecule has 3 N–H and O–H groups in total. The molecule has 6 heteroatoms. The normalized spacial score (nSPS) is 15.6. The summed E-state index contributed by atoms with van der Waals surface area (Å²) in [5.74, 6) is -0.874. The van der Waals surface area contributed by atoms with Crippen molar-refractivity contribution in [1.29, 1.82) is 0 Å². The quantitative estimate of drug-likeness (QED) is 0.354. The minimum absolute atomic E-state index is 0.0476. The Morgan fingerprint density at radius 3 is 2.57 bits per heavy atom. The van der Waals surface area contributed by atoms with Gasteiger partial charge in [0, 0.05) is 15.9 Å². The number of hydrogen-bond acceptors (Lipinski definition) is 4. The number of allylic oxidation sites excluding steroid dienone is 1. The van der Waals surface area contributed by atoms with Gasteiger partial charge in [-0.25, -0.2) is 4.79 Å². The van der Waals surface area contributed by atoms with Crippen LogP contribution in [0.15, 0.2) is 30.4 Å². The number of carboxylic acid groups (broad SMARTS) is 1. The number of aliphatic hydroxyl groups excluding tert-OH is 2. The van der Waals surface area contributed by atoms with Crippen molar-refractivity contribution >= 4 is 20.9 Å². The van der Waals surface area contributed by atoms with Crippen molar-refractivity contribution in [2.75, 3.05) is 13.3 Å². The van der Waals surface area contributed by atoms with E-state index in [2.05, 4.69) is 0 Å². The fourth-order valence-corrected chi connectivity index (χ4v) is 3.93. The Labute approximate surface area is 170 Å². The molecule has 0 radical (unpaired) electrons. The maximum Gasteiger partial charge on any atom is 0.336 e. The van der Waals surface area contributed by atoms with E-state index in [1.54, 1.807) is 20.1 Å². The van der Waals surface area contributed by atoms with Crippen molar-refractivity contribution in [2.45, 2.75) is 52.2 Å². The zero-order valence-corrected chi connectivity index (χ0v) is 18.2. The molecule has 156 valence electrons. The first-order chi connectivity index (χ1) is 13.3. The Morgan fingerprint density at radius 1 is 1.25 bits per heavy atom. The van der Waals surface area contributed by atoms with Gasteiger partial charge in [-0.2, -0.15) is 0 Å². The summed E-state index contributed by atoms with van der Waals surface area (Å²) >= 11 is 0. The number of aliphatic hydroxyl groups is 2. The molecule has 28 heavy (non-hydrogen) atoms. The minimum atomic E-state index is -0.921. The van der Waals surface area contributed by atoms with Gasteiger partial charge >= 0.3 is 5.97 Å². The molecular weight excluding hydrogens is 375 g/mol. The van der Waals surface area contributed by atoms with E-state index < -0.39 is 18.2 Å². The molecule has 0 saturated carbocycles. The Morgan fingerprint density at radius 2 is 1.96 bits per heavy atom. The standard InChI is InChI=1S/C22H33O5P/c1-15-12-16(2)21(22(25)26)18(13-15)9-5-6-10-19(14-28-27-4)20(24)11-7-8-17(3)23/h5,7,9,11-13,17,19-20,23-24,28H,6,8,10,14H2,1-4H3,(H,25,26)/b9-5+,11-7-/t17-,19+,20?/m0/s1. The first-order valence-corrected chi connectivity index (χ1v) is 10.7. The third-order valence-electron chi connectivity index (χ3n) is 4.51. The maximum absolute atomic E-state index is 11.5. The summed E-state index contributed by atoms with van der Waals surface area (Å²) < 4.78 is 5.18. The van der Waals surface area contributed by atoms with Gasteiger partial charge in [-0.3, -0.25) is 0 Å². The van der Waals surface area contributed by atoms with E-state index in [0.29, 0.717) is 26.4 Å². The molecule has 0 aliphatic carbocycles. The van der Waals surface area contributed by atoms with Crippen LogP contribution < -0.4 is 0 Å². The third-order valence-corrected chi connectivity index (χ3v) is 5.49. The lowest BCUT2D eigenvalue weighted by molar-refractivity contribution is 0.0696. The van der Waals surface area contributed by atoms with Crippen LogP contribution in [0.1, 0.15) is 53.2 Å². The van der Waals surface area contributed by atoms with Crippen molar-refractivity contribution in [3.63, 3.8) is 0 Å². The highest BCUT2D eigenvalue weighted by atomic mass is 31.1. The second-order valence-corrected chi connectivity index (χ2v) is 8.25. The summed E-state index contributed by atoms with van der Waals surface area (Å²) in [5, 5.41) is 29.2. The predicted octanol–water partition coefficient (Wildman–Crippen LogP) is 4.34. The third kappa shape index (κ3) is 8.66. The van der Waals surface area contributed by atoms with Gasteiger partial charge in [-0.05, 0) is 63.2 Å². The van der Waals surface area contributed by atoms with Gasteiger partial charge in [0.25, 0.3) is 0 Å². The Hall–Kier alpha value is -1.52. The number of aryl methyl sites for hydroxylation is 2. The topological polar surface area (TPSA) is 87.0 Å². The van der Waals surface area contributed by atoms with Crippen LogP contribution in [0.5, 0.6) is 0 Å². The van der Waals surface area contributed by atoms with Crippen molar-refractivity contribution in [3.05, 3.63) is 52.6 Å². The van der Waals surface area contributed by atoms with Crippen molar-refractivity contribution in [3.8, 4) is 0 Å². The molecule has 2 unspecified atom stereocenters. The van der Waals surface area contributed by atoms with Gasteiger partial charge in [-0.15, -0.1) is 0 Å². The Kier molecular flexibility index (Phi) is 11.2. The summed E-state index contributed by atoms with van der Waals surface area (Å²) in [6.07, 6.45) is 9.13. The highest BCUT2D eigenvalue weighted by Crippen LogP contribution is 2.24. The van der Waals surface area contributed by atoms with Crippen LogP contribution >= 0.6 is 8.81 Å². The lowest BCUT2D eigenvalue weighted by atomic mass is 9.96. The minimum Gasteiger partial charge on any atom is -0.478 e. The van der Waals surface area contributed by atoms with Gasteiger partial charge in [0.1, 0.15) is 0 Å². The molecule has 0 amide bonds. The van der Waals surface area contributed by atoms with Crippen LogP contribution in [0.4, 0.5) is 0 Å². The SMILES string of the molecule is COPC[C@@H](CC/C=C/c1cc(C)cc(C)c1C(=O)O)C(O)/C=C\C[C@H](C)O. The second kappa shape index (κ2) is 12.8.